The van der Waals surface area contributed by atoms with Crippen molar-refractivity contribution in [1.29, 1.82) is 0 Å². The topological polar surface area (TPSA) is 35.5 Å². The zero-order valence-electron chi connectivity index (χ0n) is 11.8. The standard InChI is InChI=1S/C17H13ClO3S/c1-20-14-7-8-15-17(22-10-21-15)16(14)13(19)6-5-11-3-2-4-12(18)9-11/h2-9H,10H2,1H3/b6-5+. The predicted molar refractivity (Wildman–Crippen MR) is 89.2 cm³/mol. The summed E-state index contributed by atoms with van der Waals surface area (Å²) >= 11 is 7.44. The number of methoxy groups -OCH3 is 1. The molecule has 0 saturated heterocycles. The second-order valence-electron chi connectivity index (χ2n) is 4.63. The van der Waals surface area contributed by atoms with Gasteiger partial charge in [-0.15, -0.1) is 0 Å². The number of carbonyl (C=O) groups excluding carboxylic acids is 1. The highest BCUT2D eigenvalue weighted by molar-refractivity contribution is 7.99. The van der Waals surface area contributed by atoms with Crippen LogP contribution in [0.1, 0.15) is 15.9 Å². The average Bonchev–Trinajstić information content (AvgIpc) is 3.00. The molecule has 1 aliphatic rings. The Balaban J connectivity index is 1.94. The van der Waals surface area contributed by atoms with E-state index in [0.717, 1.165) is 16.2 Å². The highest BCUT2D eigenvalue weighted by atomic mass is 35.5. The van der Waals surface area contributed by atoms with Crippen LogP contribution in [0.2, 0.25) is 5.02 Å². The summed E-state index contributed by atoms with van der Waals surface area (Å²) in [6.45, 7) is 0. The maximum absolute atomic E-state index is 12.6. The largest absolute Gasteiger partial charge is 0.496 e. The third-order valence-corrected chi connectivity index (χ3v) is 4.41. The number of fused-ring (bicyclic) bond motifs is 1. The first kappa shape index (κ1) is 15.0. The van der Waals surface area contributed by atoms with Gasteiger partial charge in [-0.2, -0.15) is 0 Å². The van der Waals surface area contributed by atoms with Crippen molar-refractivity contribution in [2.75, 3.05) is 13.0 Å². The van der Waals surface area contributed by atoms with E-state index < -0.39 is 0 Å². The van der Waals surface area contributed by atoms with E-state index in [2.05, 4.69) is 0 Å². The van der Waals surface area contributed by atoms with Crippen LogP contribution in [0, 0.1) is 0 Å². The summed E-state index contributed by atoms with van der Waals surface area (Å²) in [4.78, 5) is 13.4. The molecule has 0 N–H and O–H groups in total. The van der Waals surface area contributed by atoms with Crippen molar-refractivity contribution in [2.24, 2.45) is 0 Å². The van der Waals surface area contributed by atoms with Gasteiger partial charge in [-0.3, -0.25) is 4.79 Å². The van der Waals surface area contributed by atoms with Crippen LogP contribution >= 0.6 is 23.4 Å². The summed E-state index contributed by atoms with van der Waals surface area (Å²) in [6.07, 6.45) is 3.27. The van der Waals surface area contributed by atoms with Crippen LogP contribution in [0.5, 0.6) is 11.5 Å². The zero-order valence-corrected chi connectivity index (χ0v) is 13.4. The van der Waals surface area contributed by atoms with Crippen molar-refractivity contribution < 1.29 is 14.3 Å². The maximum atomic E-state index is 12.6. The normalized spacial score (nSPS) is 13.0. The minimum absolute atomic E-state index is 0.119. The number of hydrogen-bond acceptors (Lipinski definition) is 4. The van der Waals surface area contributed by atoms with Crippen molar-refractivity contribution >= 4 is 35.2 Å². The summed E-state index contributed by atoms with van der Waals surface area (Å²) in [5, 5.41) is 0.636. The molecule has 2 aromatic rings. The van der Waals surface area contributed by atoms with Crippen LogP contribution in [-0.4, -0.2) is 18.8 Å². The van der Waals surface area contributed by atoms with E-state index in [1.54, 1.807) is 31.4 Å². The number of thioether (sulfide) groups is 1. The van der Waals surface area contributed by atoms with E-state index >= 15 is 0 Å². The summed E-state index contributed by atoms with van der Waals surface area (Å²) < 4.78 is 10.8. The fourth-order valence-corrected chi connectivity index (χ4v) is 3.34. The molecule has 1 heterocycles. The Bertz CT molecular complexity index is 756. The van der Waals surface area contributed by atoms with Crippen LogP contribution in [0.4, 0.5) is 0 Å². The molecule has 3 rings (SSSR count). The molecule has 0 radical (unpaired) electrons. The van der Waals surface area contributed by atoms with Gasteiger partial charge in [0, 0.05) is 5.02 Å². The Kier molecular flexibility index (Phi) is 4.41. The second-order valence-corrected chi connectivity index (χ2v) is 6.00. The number of ether oxygens (including phenoxy) is 2. The lowest BCUT2D eigenvalue weighted by Crippen LogP contribution is -2.01. The third-order valence-electron chi connectivity index (χ3n) is 3.24. The van der Waals surface area contributed by atoms with Gasteiger partial charge in [0.25, 0.3) is 0 Å². The number of rotatable bonds is 4. The zero-order chi connectivity index (χ0) is 15.5. The molecule has 22 heavy (non-hydrogen) atoms. The molecule has 112 valence electrons. The van der Waals surface area contributed by atoms with Gasteiger partial charge in [0.15, 0.2) is 5.78 Å². The summed E-state index contributed by atoms with van der Waals surface area (Å²) in [5.74, 6) is 1.68. The SMILES string of the molecule is COc1ccc2c(c1C(=O)/C=C/c1cccc(Cl)c1)SCO2. The second kappa shape index (κ2) is 6.46. The molecule has 0 bridgehead atoms. The number of carbonyl (C=O) groups is 1. The summed E-state index contributed by atoms with van der Waals surface area (Å²) in [5.41, 5.74) is 1.41. The average molecular weight is 333 g/mol. The van der Waals surface area contributed by atoms with Crippen molar-refractivity contribution in [3.05, 3.63) is 58.6 Å². The van der Waals surface area contributed by atoms with Crippen molar-refractivity contribution in [3.63, 3.8) is 0 Å². The van der Waals surface area contributed by atoms with Crippen molar-refractivity contribution in [3.8, 4) is 11.5 Å². The Morgan fingerprint density at radius 1 is 1.36 bits per heavy atom. The molecule has 2 aromatic carbocycles. The molecule has 0 fully saturated rings. The Morgan fingerprint density at radius 2 is 2.23 bits per heavy atom. The van der Waals surface area contributed by atoms with Gasteiger partial charge in [0.1, 0.15) is 17.4 Å². The van der Waals surface area contributed by atoms with Crippen LogP contribution in [0.3, 0.4) is 0 Å². The molecule has 0 saturated carbocycles. The molecule has 0 amide bonds. The van der Waals surface area contributed by atoms with Crippen LogP contribution in [0.25, 0.3) is 6.08 Å². The lowest BCUT2D eigenvalue weighted by atomic mass is 10.1. The Labute approximate surface area is 137 Å². The van der Waals surface area contributed by atoms with Crippen LogP contribution in [-0.2, 0) is 0 Å². The molecule has 5 heteroatoms. The fourth-order valence-electron chi connectivity index (χ4n) is 2.22. The first-order valence-corrected chi connectivity index (χ1v) is 8.00. The number of allylic oxidation sites excluding steroid dienone is 1. The third kappa shape index (κ3) is 2.98. The highest BCUT2D eigenvalue weighted by Crippen LogP contribution is 2.43. The fraction of sp³-hybridized carbons (Fsp3) is 0.118. The van der Waals surface area contributed by atoms with Crippen molar-refractivity contribution in [1.82, 2.24) is 0 Å². The van der Waals surface area contributed by atoms with E-state index in [-0.39, 0.29) is 5.78 Å². The molecule has 0 unspecified atom stereocenters. The molecular weight excluding hydrogens is 320 g/mol. The maximum Gasteiger partial charge on any atom is 0.190 e. The van der Waals surface area contributed by atoms with Gasteiger partial charge in [-0.25, -0.2) is 0 Å². The van der Waals surface area contributed by atoms with Gasteiger partial charge in [-0.1, -0.05) is 41.6 Å². The highest BCUT2D eigenvalue weighted by Gasteiger charge is 2.24. The van der Waals surface area contributed by atoms with E-state index in [9.17, 15) is 4.79 Å². The van der Waals surface area contributed by atoms with Gasteiger partial charge < -0.3 is 9.47 Å². The number of benzene rings is 2. The lowest BCUT2D eigenvalue weighted by molar-refractivity contribution is 0.104. The monoisotopic (exact) mass is 332 g/mol. The van der Waals surface area contributed by atoms with E-state index in [1.165, 1.54) is 17.8 Å². The number of hydrogen-bond donors (Lipinski definition) is 0. The minimum atomic E-state index is -0.119. The summed E-state index contributed by atoms with van der Waals surface area (Å²) in [7, 11) is 1.56. The van der Waals surface area contributed by atoms with Crippen molar-refractivity contribution in [2.45, 2.75) is 4.90 Å². The van der Waals surface area contributed by atoms with Gasteiger partial charge in [-0.05, 0) is 35.9 Å². The lowest BCUT2D eigenvalue weighted by Gasteiger charge is -2.09. The molecule has 0 atom stereocenters. The van der Waals surface area contributed by atoms with Gasteiger partial charge in [0.2, 0.25) is 0 Å². The van der Waals surface area contributed by atoms with E-state index in [1.807, 2.05) is 18.2 Å². The molecule has 3 nitrogen and oxygen atoms in total. The van der Waals surface area contributed by atoms with Crippen LogP contribution < -0.4 is 9.47 Å². The first-order valence-electron chi connectivity index (χ1n) is 6.63. The Morgan fingerprint density at radius 3 is 3.00 bits per heavy atom. The molecule has 1 aliphatic heterocycles. The van der Waals surface area contributed by atoms with E-state index in [4.69, 9.17) is 21.1 Å². The molecule has 0 aromatic heterocycles. The minimum Gasteiger partial charge on any atom is -0.496 e. The quantitative estimate of drug-likeness (QED) is 0.601. The van der Waals surface area contributed by atoms with E-state index in [0.29, 0.717) is 22.3 Å². The molecule has 0 aliphatic carbocycles. The molecular formula is C17H13ClO3S. The van der Waals surface area contributed by atoms with Gasteiger partial charge >= 0.3 is 0 Å². The van der Waals surface area contributed by atoms with Gasteiger partial charge in [0.05, 0.1) is 17.6 Å². The predicted octanol–water partition coefficient (Wildman–Crippen LogP) is 4.69. The number of ketones is 1. The number of halogens is 1. The van der Waals surface area contributed by atoms with Crippen LogP contribution in [0.15, 0.2) is 47.4 Å². The summed E-state index contributed by atoms with van der Waals surface area (Å²) in [6, 6.07) is 10.9. The Hall–Kier alpha value is -1.91. The smallest absolute Gasteiger partial charge is 0.190 e. The first-order chi connectivity index (χ1) is 10.7. The molecule has 0 spiro atoms.